The number of para-hydroxylation sites is 11. The van der Waals surface area contributed by atoms with Crippen molar-refractivity contribution in [1.82, 2.24) is 27.4 Å². The third-order valence-electron chi connectivity index (χ3n) is 20.0. The van der Waals surface area contributed by atoms with E-state index in [9.17, 15) is 0 Å². The molecule has 6 nitrogen and oxygen atoms in total. The first-order valence-electron chi connectivity index (χ1n) is 32.2. The molecular weight excluding hydrogens is 1170 g/mol. The molecule has 0 saturated carbocycles. The monoisotopic (exact) mass is 1230 g/mol. The smallest absolute Gasteiger partial charge is 0.309 e. The molecule has 95 heavy (non-hydrogen) atoms. The summed E-state index contributed by atoms with van der Waals surface area (Å²) < 4.78 is 63.7. The number of rotatable bonds is 7. The van der Waals surface area contributed by atoms with Crippen LogP contribution >= 0.6 is 0 Å². The summed E-state index contributed by atoms with van der Waals surface area (Å²) >= 11 is 0. The fourth-order valence-corrected chi connectivity index (χ4v) is 16.4. The summed E-state index contributed by atoms with van der Waals surface area (Å²) in [7, 11) is 0. The molecule has 14 aromatic carbocycles. The van der Waals surface area contributed by atoms with E-state index >= 15 is 13.2 Å². The van der Waals surface area contributed by atoms with Gasteiger partial charge in [-0.2, -0.15) is 13.2 Å². The molecule has 20 rings (SSSR count). The van der Waals surface area contributed by atoms with Crippen LogP contribution in [-0.4, -0.2) is 27.4 Å². The summed E-state index contributed by atoms with van der Waals surface area (Å²) in [5.74, 6) is 0. The Labute approximate surface area is 541 Å². The maximum atomic E-state index is 16.4. The molecule has 0 aliphatic rings. The van der Waals surface area contributed by atoms with Gasteiger partial charge in [-0.25, -0.2) is 0 Å². The predicted octanol–water partition coefficient (Wildman–Crippen LogP) is 23.3. The number of aromatic nitrogens is 6. The molecule has 0 spiro atoms. The van der Waals surface area contributed by atoms with E-state index in [1.807, 2.05) is 6.07 Å². The number of halogens is 3. The average molecular weight is 1230 g/mol. The first-order valence-corrected chi connectivity index (χ1v) is 32.2. The van der Waals surface area contributed by atoms with Crippen molar-refractivity contribution in [2.24, 2.45) is 0 Å². The van der Waals surface area contributed by atoms with Gasteiger partial charge in [-0.05, 0) is 109 Å². The van der Waals surface area contributed by atoms with Gasteiger partial charge in [0, 0.05) is 75.9 Å². The summed E-state index contributed by atoms with van der Waals surface area (Å²) in [6.45, 7) is 1.79. The Morgan fingerprint density at radius 3 is 0.895 bits per heavy atom. The first kappa shape index (κ1) is 53.3. The van der Waals surface area contributed by atoms with E-state index in [-0.39, 0.29) is 0 Å². The lowest BCUT2D eigenvalue weighted by Crippen LogP contribution is -2.18. The van der Waals surface area contributed by atoms with Crippen molar-refractivity contribution >= 4 is 131 Å². The van der Waals surface area contributed by atoms with Gasteiger partial charge in [0.05, 0.1) is 100 Å². The molecule has 0 bridgehead atoms. The second-order valence-corrected chi connectivity index (χ2v) is 25.1. The number of hydrogen-bond donors (Lipinski definition) is 0. The summed E-state index contributed by atoms with van der Waals surface area (Å²) in [5.41, 5.74) is 16.7. The topological polar surface area (TPSA) is 29.6 Å². The third-order valence-corrected chi connectivity index (χ3v) is 20.0. The number of aryl methyl sites for hydroxylation is 1. The van der Waals surface area contributed by atoms with Crippen LogP contribution in [0.2, 0.25) is 0 Å². The van der Waals surface area contributed by atoms with Gasteiger partial charge in [-0.15, -0.1) is 0 Å². The van der Waals surface area contributed by atoms with Crippen LogP contribution < -0.4 is 0 Å². The first-order chi connectivity index (χ1) is 46.8. The maximum Gasteiger partial charge on any atom is 0.416 e. The molecule has 0 atom stereocenters. The highest BCUT2D eigenvalue weighted by molar-refractivity contribution is 6.27. The highest BCUT2D eigenvalue weighted by Crippen LogP contribution is 2.56. The Morgan fingerprint density at radius 2 is 0.526 bits per heavy atom. The van der Waals surface area contributed by atoms with Crippen molar-refractivity contribution in [1.29, 1.82) is 0 Å². The van der Waals surface area contributed by atoms with E-state index in [2.05, 4.69) is 313 Å². The minimum atomic E-state index is -4.72. The van der Waals surface area contributed by atoms with Crippen molar-refractivity contribution < 1.29 is 13.2 Å². The second-order valence-electron chi connectivity index (χ2n) is 25.1. The zero-order valence-electron chi connectivity index (χ0n) is 51.2. The zero-order valence-corrected chi connectivity index (χ0v) is 51.2. The largest absolute Gasteiger partial charge is 0.416 e. The Kier molecular flexibility index (Phi) is 11.1. The summed E-state index contributed by atoms with van der Waals surface area (Å²) in [6.07, 6.45) is -4.72. The minimum Gasteiger partial charge on any atom is -0.309 e. The number of hydrogen-bond acceptors (Lipinski definition) is 0. The highest BCUT2D eigenvalue weighted by Gasteiger charge is 2.39. The van der Waals surface area contributed by atoms with Gasteiger partial charge < -0.3 is 27.4 Å². The molecule has 6 heterocycles. The molecule has 0 amide bonds. The lowest BCUT2D eigenvalue weighted by atomic mass is 9.92. The standard InChI is InChI=1S/C86H53F3N6/c1-52-49-53(51-54(50-52)86(87,88)89)78-81(91-68-38-16-5-27-56(68)57-28-6-17-39-69(57)91)83(93-72-42-20-9-31-60(72)61-32-10-21-43-73(61)93)85(95-76-46-24-14-36-66(76)79-77(95)48-47-65-64-35-13-15-37-67(64)90(80(65)79)55-25-3-2-4-26-55)84(94-74-44-22-11-33-62(74)63-34-12-23-45-75(63)94)82(78)92-70-40-18-7-29-58(70)59-30-8-19-41-71(59)92/h2-51H,1H3. The van der Waals surface area contributed by atoms with Crippen LogP contribution in [0.4, 0.5) is 13.2 Å². The molecule has 6 aromatic heterocycles. The van der Waals surface area contributed by atoms with Crippen molar-refractivity contribution in [3.63, 3.8) is 0 Å². The van der Waals surface area contributed by atoms with Crippen LogP contribution in [0, 0.1) is 6.92 Å². The van der Waals surface area contributed by atoms with Gasteiger partial charge in [0.15, 0.2) is 0 Å². The van der Waals surface area contributed by atoms with E-state index in [0.29, 0.717) is 28.1 Å². The van der Waals surface area contributed by atoms with Gasteiger partial charge in [0.25, 0.3) is 0 Å². The molecule has 0 unspecified atom stereocenters. The van der Waals surface area contributed by atoms with Crippen molar-refractivity contribution in [2.75, 3.05) is 0 Å². The Bertz CT molecular complexity index is 6200. The van der Waals surface area contributed by atoms with Crippen LogP contribution in [-0.2, 0) is 6.18 Å². The summed E-state index contributed by atoms with van der Waals surface area (Å²) in [6, 6.07) is 106. The van der Waals surface area contributed by atoms with Gasteiger partial charge in [0.1, 0.15) is 0 Å². The molecular formula is C86H53F3N6. The molecule has 0 N–H and O–H groups in total. The molecule has 448 valence electrons. The SMILES string of the molecule is Cc1cc(-c2c(-n3c4ccccc4c4ccccc43)c(-n3c4ccccc4c4ccccc43)c(-n3c4ccccc4c4c3ccc3c5ccccc5n(-c5ccccc5)c34)c(-n3c4ccccc4c4ccccc43)c2-n2c3ccccc3c3ccccc32)cc(C(F)(F)F)c1. The van der Waals surface area contributed by atoms with E-state index in [1.54, 1.807) is 6.92 Å². The van der Waals surface area contributed by atoms with E-state index in [1.165, 1.54) is 12.1 Å². The van der Waals surface area contributed by atoms with Gasteiger partial charge in [0.2, 0.25) is 0 Å². The van der Waals surface area contributed by atoms with Gasteiger partial charge >= 0.3 is 6.18 Å². The van der Waals surface area contributed by atoms with Crippen molar-refractivity contribution in [3.05, 3.63) is 314 Å². The van der Waals surface area contributed by atoms with Gasteiger partial charge in [-0.1, -0.05) is 212 Å². The Balaban J connectivity index is 1.18. The van der Waals surface area contributed by atoms with Crippen LogP contribution in [0.5, 0.6) is 0 Å². The number of benzene rings is 14. The molecule has 20 aromatic rings. The molecule has 0 radical (unpaired) electrons. The Hall–Kier alpha value is -12.3. The molecule has 0 saturated heterocycles. The zero-order chi connectivity index (χ0) is 62.9. The molecule has 0 fully saturated rings. The lowest BCUT2D eigenvalue weighted by molar-refractivity contribution is -0.137. The van der Waals surface area contributed by atoms with Crippen LogP contribution in [0.25, 0.3) is 176 Å². The number of alkyl halides is 3. The van der Waals surface area contributed by atoms with E-state index < -0.39 is 11.7 Å². The fraction of sp³-hybridized carbons (Fsp3) is 0.0233. The predicted molar refractivity (Wildman–Crippen MR) is 388 cm³/mol. The number of fused-ring (bicyclic) bond motifs is 19. The van der Waals surface area contributed by atoms with Crippen LogP contribution in [0.1, 0.15) is 11.1 Å². The maximum absolute atomic E-state index is 16.4. The van der Waals surface area contributed by atoms with Gasteiger partial charge in [-0.3, -0.25) is 0 Å². The normalized spacial score (nSPS) is 12.4. The quantitative estimate of drug-likeness (QED) is 0.152. The average Bonchev–Trinajstić information content (AvgIpc) is 1.57. The summed E-state index contributed by atoms with van der Waals surface area (Å²) in [5, 5.41) is 12.4. The molecule has 0 aliphatic heterocycles. The fourth-order valence-electron chi connectivity index (χ4n) is 16.4. The Morgan fingerprint density at radius 1 is 0.242 bits per heavy atom. The van der Waals surface area contributed by atoms with E-state index in [0.717, 1.165) is 154 Å². The highest BCUT2D eigenvalue weighted by atomic mass is 19.4. The molecule has 9 heteroatoms. The lowest BCUT2D eigenvalue weighted by Gasteiger charge is -2.32. The summed E-state index contributed by atoms with van der Waals surface area (Å²) in [4.78, 5) is 0. The minimum absolute atomic E-state index is 0.401. The van der Waals surface area contributed by atoms with Crippen molar-refractivity contribution in [2.45, 2.75) is 13.1 Å². The van der Waals surface area contributed by atoms with Crippen LogP contribution in [0.15, 0.2) is 303 Å². The third kappa shape index (κ3) is 7.40. The van der Waals surface area contributed by atoms with Crippen molar-refractivity contribution in [3.8, 4) is 45.3 Å². The van der Waals surface area contributed by atoms with E-state index in [4.69, 9.17) is 0 Å². The second kappa shape index (κ2) is 19.8. The molecule has 0 aliphatic carbocycles. The van der Waals surface area contributed by atoms with Crippen LogP contribution in [0.3, 0.4) is 0 Å². The number of nitrogens with zero attached hydrogens (tertiary/aromatic N) is 6.